The third-order valence-electron chi connectivity index (χ3n) is 5.01. The number of carbonyl (C=O) groups is 2. The number of halogens is 3. The van der Waals surface area contributed by atoms with Gasteiger partial charge in [-0.1, -0.05) is 13.8 Å². The van der Waals surface area contributed by atoms with Gasteiger partial charge in [-0.15, -0.1) is 5.10 Å². The maximum absolute atomic E-state index is 12.8. The number of amides is 1. The summed E-state index contributed by atoms with van der Waals surface area (Å²) in [5.74, 6) is -0.737. The number of hydrogen-bond acceptors (Lipinski definition) is 5. The molecule has 2 heterocycles. The van der Waals surface area contributed by atoms with Crippen LogP contribution in [0.5, 0.6) is 0 Å². The fourth-order valence-electron chi connectivity index (χ4n) is 3.92. The second kappa shape index (κ2) is 5.78. The summed E-state index contributed by atoms with van der Waals surface area (Å²) in [6.45, 7) is 4.24. The normalized spacial score (nSPS) is 25.5. The average Bonchev–Trinajstić information content (AvgIpc) is 2.94. The van der Waals surface area contributed by atoms with Crippen LogP contribution >= 0.6 is 0 Å². The van der Waals surface area contributed by atoms with Gasteiger partial charge in [-0.05, 0) is 25.0 Å². The molecular weight excluding hydrogens is 349 g/mol. The maximum Gasteiger partial charge on any atom is 0.418 e. The van der Waals surface area contributed by atoms with Crippen molar-refractivity contribution in [2.45, 2.75) is 32.9 Å². The Balaban J connectivity index is 1.83. The van der Waals surface area contributed by atoms with Crippen LogP contribution in [0.25, 0.3) is 0 Å². The molecule has 2 N–H and O–H groups in total. The van der Waals surface area contributed by atoms with Crippen LogP contribution in [0.2, 0.25) is 0 Å². The first-order valence-electron chi connectivity index (χ1n) is 8.16. The Morgan fingerprint density at radius 2 is 2.04 bits per heavy atom. The van der Waals surface area contributed by atoms with Gasteiger partial charge in [-0.25, -0.2) is 0 Å². The van der Waals surface area contributed by atoms with E-state index in [9.17, 15) is 22.8 Å². The zero-order valence-electron chi connectivity index (χ0n) is 14.4. The van der Waals surface area contributed by atoms with Crippen LogP contribution < -0.4 is 5.73 Å². The van der Waals surface area contributed by atoms with Crippen molar-refractivity contribution in [3.8, 4) is 0 Å². The predicted molar refractivity (Wildman–Crippen MR) is 85.7 cm³/mol. The summed E-state index contributed by atoms with van der Waals surface area (Å²) in [6.07, 6.45) is -1.20. The fourth-order valence-corrected chi connectivity index (χ4v) is 3.92. The molecule has 1 aromatic heterocycles. The van der Waals surface area contributed by atoms with Gasteiger partial charge in [-0.3, -0.25) is 9.59 Å². The molecule has 0 radical (unpaired) electrons. The number of Topliss-reactive ketones (excluding diaryl/α,β-unsaturated/α-hetero) is 1. The molecule has 6 nitrogen and oxygen atoms in total. The Morgan fingerprint density at radius 1 is 1.35 bits per heavy atom. The first-order chi connectivity index (χ1) is 11.9. The van der Waals surface area contributed by atoms with Crippen LogP contribution in [0.1, 0.15) is 42.7 Å². The first kappa shape index (κ1) is 18.3. The molecule has 0 unspecified atom stereocenters. The van der Waals surface area contributed by atoms with Gasteiger partial charge < -0.3 is 10.6 Å². The molecule has 1 aromatic rings. The molecule has 26 heavy (non-hydrogen) atoms. The zero-order chi connectivity index (χ0) is 19.3. The molecule has 140 valence electrons. The lowest BCUT2D eigenvalue weighted by atomic mass is 9.65. The number of alkyl halides is 3. The summed E-state index contributed by atoms with van der Waals surface area (Å²) in [6, 6.07) is 0.707. The highest BCUT2D eigenvalue weighted by Crippen LogP contribution is 2.47. The molecule has 1 amide bonds. The number of nitrogens with two attached hydrogens (primary N) is 1. The van der Waals surface area contributed by atoms with Crippen LogP contribution in [0.15, 0.2) is 24.0 Å². The van der Waals surface area contributed by atoms with Crippen molar-refractivity contribution >= 4 is 11.7 Å². The summed E-state index contributed by atoms with van der Waals surface area (Å²) in [5, 5.41) is 6.85. The number of rotatable bonds is 1. The van der Waals surface area contributed by atoms with Crippen molar-refractivity contribution in [3.63, 3.8) is 0 Å². The van der Waals surface area contributed by atoms with Gasteiger partial charge in [0.15, 0.2) is 11.5 Å². The molecular formula is C17H19F3N4O2. The highest BCUT2D eigenvalue weighted by Gasteiger charge is 2.48. The highest BCUT2D eigenvalue weighted by molar-refractivity contribution is 5.99. The molecule has 1 atom stereocenters. The molecule has 0 bridgehead atoms. The monoisotopic (exact) mass is 368 g/mol. The number of ketones is 1. The van der Waals surface area contributed by atoms with Gasteiger partial charge in [-0.2, -0.15) is 18.3 Å². The minimum atomic E-state index is -4.60. The molecule has 1 spiro atoms. The molecule has 2 aliphatic rings. The van der Waals surface area contributed by atoms with Crippen molar-refractivity contribution in [2.24, 2.45) is 16.6 Å². The van der Waals surface area contributed by atoms with E-state index in [2.05, 4.69) is 10.2 Å². The minimum Gasteiger partial charge on any atom is -0.396 e. The van der Waals surface area contributed by atoms with Crippen molar-refractivity contribution < 1.29 is 22.8 Å². The van der Waals surface area contributed by atoms with Gasteiger partial charge in [0.05, 0.1) is 17.5 Å². The van der Waals surface area contributed by atoms with Crippen molar-refractivity contribution in [1.29, 1.82) is 0 Å². The van der Waals surface area contributed by atoms with Crippen LogP contribution in [-0.2, 0) is 11.0 Å². The van der Waals surface area contributed by atoms with Gasteiger partial charge in [0.2, 0.25) is 0 Å². The van der Waals surface area contributed by atoms with E-state index in [1.807, 2.05) is 0 Å². The lowest BCUT2D eigenvalue weighted by Gasteiger charge is -2.39. The van der Waals surface area contributed by atoms with Crippen LogP contribution in [0.3, 0.4) is 0 Å². The largest absolute Gasteiger partial charge is 0.418 e. The molecule has 9 heteroatoms. The third-order valence-corrected chi connectivity index (χ3v) is 5.01. The lowest BCUT2D eigenvalue weighted by Crippen LogP contribution is -2.42. The molecule has 3 rings (SSSR count). The lowest BCUT2D eigenvalue weighted by molar-refractivity contribution is -0.138. The van der Waals surface area contributed by atoms with E-state index in [1.54, 1.807) is 19.9 Å². The average molecular weight is 368 g/mol. The smallest absolute Gasteiger partial charge is 0.396 e. The van der Waals surface area contributed by atoms with E-state index >= 15 is 0 Å². The Kier molecular flexibility index (Phi) is 4.08. The number of nitrogens with zero attached hydrogens (tertiary/aromatic N) is 3. The highest BCUT2D eigenvalue weighted by atomic mass is 19.4. The first-order valence-corrected chi connectivity index (χ1v) is 8.16. The molecule has 1 aliphatic heterocycles. The van der Waals surface area contributed by atoms with E-state index in [0.29, 0.717) is 31.6 Å². The number of likely N-dealkylation sites (tertiary alicyclic amines) is 1. The Labute approximate surface area is 148 Å². The van der Waals surface area contributed by atoms with E-state index in [1.165, 1.54) is 4.90 Å². The van der Waals surface area contributed by atoms with Gasteiger partial charge in [0.1, 0.15) is 0 Å². The SMILES string of the molecule is CC1(C)C[C@]2(C=C(N)C1=O)CCN(C(=O)c1cc(C(F)(F)F)cnn1)C2. The topological polar surface area (TPSA) is 89.2 Å². The zero-order valence-corrected chi connectivity index (χ0v) is 14.4. The van der Waals surface area contributed by atoms with Crippen molar-refractivity contribution in [1.82, 2.24) is 15.1 Å². The van der Waals surface area contributed by atoms with Gasteiger partial charge in [0, 0.05) is 23.9 Å². The summed E-state index contributed by atoms with van der Waals surface area (Å²) < 4.78 is 38.4. The minimum absolute atomic E-state index is 0.128. The summed E-state index contributed by atoms with van der Waals surface area (Å²) >= 11 is 0. The van der Waals surface area contributed by atoms with Crippen LogP contribution in [0, 0.1) is 10.8 Å². The summed E-state index contributed by atoms with van der Waals surface area (Å²) in [5.41, 5.74) is 3.59. The standard InChI is InChI=1S/C17H19F3N4O2/c1-15(2)8-16(6-11(21)13(15)25)3-4-24(9-16)14(26)12-5-10(7-22-23-12)17(18,19)20/h5-7H,3-4,8-9,21H2,1-2H3/t16-/m1/s1. The quantitative estimate of drug-likeness (QED) is 0.821. The molecule has 0 saturated carbocycles. The predicted octanol–water partition coefficient (Wildman–Crippen LogP) is 2.17. The third kappa shape index (κ3) is 3.17. The Morgan fingerprint density at radius 3 is 2.65 bits per heavy atom. The number of allylic oxidation sites excluding steroid dienone is 1. The molecule has 1 fully saturated rings. The Hall–Kier alpha value is -2.45. The van der Waals surface area contributed by atoms with E-state index in [4.69, 9.17) is 5.73 Å². The second-order valence-electron chi connectivity index (χ2n) is 7.66. The number of aromatic nitrogens is 2. The van der Waals surface area contributed by atoms with E-state index < -0.39 is 28.5 Å². The summed E-state index contributed by atoms with van der Waals surface area (Å²) in [4.78, 5) is 26.2. The number of carbonyl (C=O) groups excluding carboxylic acids is 2. The van der Waals surface area contributed by atoms with Crippen LogP contribution in [0.4, 0.5) is 13.2 Å². The van der Waals surface area contributed by atoms with Crippen LogP contribution in [-0.4, -0.2) is 39.9 Å². The van der Waals surface area contributed by atoms with Crippen molar-refractivity contribution in [2.75, 3.05) is 13.1 Å². The Bertz CT molecular complexity index is 803. The maximum atomic E-state index is 12.8. The molecule has 1 saturated heterocycles. The molecule has 1 aliphatic carbocycles. The van der Waals surface area contributed by atoms with Gasteiger partial charge in [0.25, 0.3) is 5.91 Å². The van der Waals surface area contributed by atoms with E-state index in [0.717, 1.165) is 0 Å². The number of hydrogen-bond donors (Lipinski definition) is 1. The van der Waals surface area contributed by atoms with Crippen molar-refractivity contribution in [3.05, 3.63) is 35.3 Å². The van der Waals surface area contributed by atoms with Gasteiger partial charge >= 0.3 is 6.18 Å². The van der Waals surface area contributed by atoms with E-state index in [-0.39, 0.29) is 23.7 Å². The fraction of sp³-hybridized carbons (Fsp3) is 0.529. The molecule has 0 aromatic carbocycles. The summed E-state index contributed by atoms with van der Waals surface area (Å²) in [7, 11) is 0. The second-order valence-corrected chi connectivity index (χ2v) is 7.66.